The Balaban J connectivity index is 1.67. The minimum atomic E-state index is 0.479. The van der Waals surface area contributed by atoms with Gasteiger partial charge in [-0.05, 0) is 53.7 Å². The zero-order valence-electron chi connectivity index (χ0n) is 12.2. The second kappa shape index (κ2) is 4.60. The molecule has 0 aliphatic heterocycles. The van der Waals surface area contributed by atoms with Crippen molar-refractivity contribution in [2.45, 2.75) is 52.6 Å². The molecule has 0 amide bonds. The summed E-state index contributed by atoms with van der Waals surface area (Å²) in [6, 6.07) is 9.35. The second-order valence-corrected chi connectivity index (χ2v) is 8.09. The Labute approximate surface area is 125 Å². The van der Waals surface area contributed by atoms with Gasteiger partial charge in [-0.1, -0.05) is 48.8 Å². The predicted molar refractivity (Wildman–Crippen MR) is 84.0 cm³/mol. The van der Waals surface area contributed by atoms with E-state index in [0.717, 1.165) is 16.9 Å². The molecule has 2 fully saturated rings. The van der Waals surface area contributed by atoms with Crippen molar-refractivity contribution in [3.8, 4) is 0 Å². The molecule has 0 aromatic heterocycles. The SMILES string of the molecule is CC1(C)C2CCC1(C)C(NCc1ccc(Br)cc1)C2. The summed E-state index contributed by atoms with van der Waals surface area (Å²) in [4.78, 5) is 0. The van der Waals surface area contributed by atoms with Crippen LogP contribution in [0, 0.1) is 16.7 Å². The van der Waals surface area contributed by atoms with Crippen LogP contribution >= 0.6 is 15.9 Å². The molecule has 1 aromatic carbocycles. The summed E-state index contributed by atoms with van der Waals surface area (Å²) in [5.41, 5.74) is 2.37. The number of hydrogen-bond acceptors (Lipinski definition) is 1. The first-order valence-corrected chi connectivity index (χ1v) is 8.20. The van der Waals surface area contributed by atoms with Crippen LogP contribution in [0.1, 0.15) is 45.6 Å². The topological polar surface area (TPSA) is 12.0 Å². The maximum absolute atomic E-state index is 3.83. The molecule has 2 heteroatoms. The van der Waals surface area contributed by atoms with Crippen LogP contribution in [0.3, 0.4) is 0 Å². The van der Waals surface area contributed by atoms with Crippen molar-refractivity contribution in [1.29, 1.82) is 0 Å². The molecule has 0 heterocycles. The number of rotatable bonds is 3. The van der Waals surface area contributed by atoms with Gasteiger partial charge in [-0.3, -0.25) is 0 Å². The normalized spacial score (nSPS) is 35.8. The first-order chi connectivity index (χ1) is 8.93. The van der Waals surface area contributed by atoms with Crippen molar-refractivity contribution in [1.82, 2.24) is 5.32 Å². The summed E-state index contributed by atoms with van der Waals surface area (Å²) in [5, 5.41) is 3.83. The number of benzene rings is 1. The molecule has 3 rings (SSSR count). The van der Waals surface area contributed by atoms with E-state index in [9.17, 15) is 0 Å². The summed E-state index contributed by atoms with van der Waals surface area (Å²) >= 11 is 3.49. The van der Waals surface area contributed by atoms with Gasteiger partial charge in [-0.15, -0.1) is 0 Å². The van der Waals surface area contributed by atoms with Crippen LogP contribution in [0.5, 0.6) is 0 Å². The van der Waals surface area contributed by atoms with Crippen molar-refractivity contribution < 1.29 is 0 Å². The lowest BCUT2D eigenvalue weighted by Crippen LogP contribution is -2.44. The lowest BCUT2D eigenvalue weighted by molar-refractivity contribution is 0.120. The van der Waals surface area contributed by atoms with Crippen LogP contribution in [0.25, 0.3) is 0 Å². The highest BCUT2D eigenvalue weighted by molar-refractivity contribution is 9.10. The van der Waals surface area contributed by atoms with E-state index in [4.69, 9.17) is 0 Å². The van der Waals surface area contributed by atoms with Gasteiger partial charge in [-0.25, -0.2) is 0 Å². The highest BCUT2D eigenvalue weighted by Crippen LogP contribution is 2.65. The highest BCUT2D eigenvalue weighted by Gasteiger charge is 2.60. The zero-order valence-corrected chi connectivity index (χ0v) is 13.8. The Hall–Kier alpha value is -0.340. The van der Waals surface area contributed by atoms with Gasteiger partial charge in [-0.2, -0.15) is 0 Å². The van der Waals surface area contributed by atoms with Gasteiger partial charge >= 0.3 is 0 Å². The maximum Gasteiger partial charge on any atom is 0.0208 e. The first kappa shape index (κ1) is 13.6. The molecular formula is C17H24BrN. The van der Waals surface area contributed by atoms with Crippen molar-refractivity contribution in [2.24, 2.45) is 16.7 Å². The van der Waals surface area contributed by atoms with E-state index in [-0.39, 0.29) is 0 Å². The Morgan fingerprint density at radius 1 is 1.21 bits per heavy atom. The van der Waals surface area contributed by atoms with Gasteiger partial charge in [0, 0.05) is 17.1 Å². The largest absolute Gasteiger partial charge is 0.309 e. The molecule has 2 saturated carbocycles. The molecule has 1 aromatic rings. The molecule has 2 aliphatic carbocycles. The Morgan fingerprint density at radius 3 is 2.42 bits per heavy atom. The fourth-order valence-electron chi connectivity index (χ4n) is 4.36. The standard InChI is InChI=1S/C17H24BrN/c1-16(2)13-8-9-17(16,3)15(10-13)19-11-12-4-6-14(18)7-5-12/h4-7,13,15,19H,8-11H2,1-3H3. The molecule has 3 atom stereocenters. The van der Waals surface area contributed by atoms with E-state index in [1.165, 1.54) is 24.8 Å². The van der Waals surface area contributed by atoms with Crippen LogP contribution in [0.2, 0.25) is 0 Å². The smallest absolute Gasteiger partial charge is 0.0208 e. The second-order valence-electron chi connectivity index (χ2n) is 7.17. The van der Waals surface area contributed by atoms with E-state index >= 15 is 0 Å². The van der Waals surface area contributed by atoms with Crippen LogP contribution in [0.4, 0.5) is 0 Å². The molecule has 3 unspecified atom stereocenters. The van der Waals surface area contributed by atoms with Crippen molar-refractivity contribution in [2.75, 3.05) is 0 Å². The average molecular weight is 322 g/mol. The fraction of sp³-hybridized carbons (Fsp3) is 0.647. The minimum Gasteiger partial charge on any atom is -0.309 e. The van der Waals surface area contributed by atoms with Gasteiger partial charge in [0.2, 0.25) is 0 Å². The van der Waals surface area contributed by atoms with Gasteiger partial charge in [0.25, 0.3) is 0 Å². The number of hydrogen-bond donors (Lipinski definition) is 1. The molecule has 0 saturated heterocycles. The molecule has 104 valence electrons. The molecule has 1 N–H and O–H groups in total. The summed E-state index contributed by atoms with van der Waals surface area (Å²) in [5.74, 6) is 0.917. The molecule has 2 aliphatic rings. The Bertz CT molecular complexity index is 465. The Morgan fingerprint density at radius 2 is 1.89 bits per heavy atom. The summed E-state index contributed by atoms with van der Waals surface area (Å²) in [7, 11) is 0. The number of halogens is 1. The quantitative estimate of drug-likeness (QED) is 0.846. The third kappa shape index (κ3) is 2.08. The molecule has 19 heavy (non-hydrogen) atoms. The van der Waals surface area contributed by atoms with Crippen LogP contribution in [0.15, 0.2) is 28.7 Å². The van der Waals surface area contributed by atoms with Gasteiger partial charge in [0.15, 0.2) is 0 Å². The van der Waals surface area contributed by atoms with Gasteiger partial charge < -0.3 is 5.32 Å². The minimum absolute atomic E-state index is 0.479. The predicted octanol–water partition coefficient (Wildman–Crippen LogP) is 4.75. The summed E-state index contributed by atoms with van der Waals surface area (Å²) in [6.45, 7) is 8.45. The molecule has 2 bridgehead atoms. The fourth-order valence-corrected chi connectivity index (χ4v) is 4.62. The number of fused-ring (bicyclic) bond motifs is 2. The lowest BCUT2D eigenvalue weighted by Gasteiger charge is -2.39. The van der Waals surface area contributed by atoms with Gasteiger partial charge in [0.1, 0.15) is 0 Å². The van der Waals surface area contributed by atoms with Crippen molar-refractivity contribution >= 4 is 15.9 Å². The Kier molecular flexibility index (Phi) is 3.30. The number of nitrogens with one attached hydrogen (secondary N) is 1. The van der Waals surface area contributed by atoms with E-state index in [1.807, 2.05) is 0 Å². The van der Waals surface area contributed by atoms with E-state index in [2.05, 4.69) is 66.3 Å². The molecule has 0 spiro atoms. The summed E-state index contributed by atoms with van der Waals surface area (Å²) < 4.78 is 1.16. The lowest BCUT2D eigenvalue weighted by atomic mass is 9.69. The summed E-state index contributed by atoms with van der Waals surface area (Å²) in [6.07, 6.45) is 4.18. The van der Waals surface area contributed by atoms with Crippen molar-refractivity contribution in [3.63, 3.8) is 0 Å². The van der Waals surface area contributed by atoms with E-state index in [0.29, 0.717) is 16.9 Å². The monoisotopic (exact) mass is 321 g/mol. The van der Waals surface area contributed by atoms with E-state index < -0.39 is 0 Å². The maximum atomic E-state index is 3.83. The average Bonchev–Trinajstić information content (AvgIpc) is 2.71. The molecular weight excluding hydrogens is 298 g/mol. The molecule has 1 nitrogen and oxygen atoms in total. The van der Waals surface area contributed by atoms with Gasteiger partial charge in [0.05, 0.1) is 0 Å². The van der Waals surface area contributed by atoms with E-state index in [1.54, 1.807) is 0 Å². The first-order valence-electron chi connectivity index (χ1n) is 7.41. The molecule has 0 radical (unpaired) electrons. The third-order valence-electron chi connectivity index (χ3n) is 6.26. The van der Waals surface area contributed by atoms with Crippen molar-refractivity contribution in [3.05, 3.63) is 34.3 Å². The van der Waals surface area contributed by atoms with Crippen LogP contribution in [-0.2, 0) is 6.54 Å². The van der Waals surface area contributed by atoms with Crippen LogP contribution in [-0.4, -0.2) is 6.04 Å². The third-order valence-corrected chi connectivity index (χ3v) is 6.79. The van der Waals surface area contributed by atoms with Crippen LogP contribution < -0.4 is 5.32 Å². The highest BCUT2D eigenvalue weighted by atomic mass is 79.9. The zero-order chi connectivity index (χ0) is 13.7.